The molecule has 0 aromatic heterocycles. The Morgan fingerprint density at radius 2 is 0.706 bits per heavy atom. The molecule has 0 fully saturated rings. The second kappa shape index (κ2) is 31.0. The Morgan fingerprint density at radius 1 is 0.368 bits per heavy atom. The fourth-order valence-electron chi connectivity index (χ4n) is 2.82. The molecule has 0 aliphatic heterocycles. The van der Waals surface area contributed by atoms with Gasteiger partial charge in [0.25, 0.3) is 0 Å². The standard InChI is InChI=1S/C13H11F15O2.C7H8F6O2.C6H9F3O2.C4H5F3O.C3H6O/c1-2-29-4-3-5-30-6-7(14,15)8(16,17)9(18,19)10(20,21)11(22,23)12(24,25)13(26,27)28;1-2-14-3-4-15-5(6(8,9)10)7(11,12)13;1-2-10-3-4-11-5-6(7,8)9;1-2-8-3-4(5,6)7;1-3-4-2/h2H,1,3-6H2;2,5H,1,3-4H2;2H,1,3-5H2;2H,1,3H2;3H,1H2,2H3. The quantitative estimate of drug-likeness (QED) is 0.0509. The van der Waals surface area contributed by atoms with Gasteiger partial charge in [-0.2, -0.15) is 119 Å². The predicted octanol–water partition coefficient (Wildman–Crippen LogP) is 12.8. The van der Waals surface area contributed by atoms with Crippen LogP contribution in [0.1, 0.15) is 6.42 Å². The van der Waals surface area contributed by atoms with E-state index in [-0.39, 0.29) is 26.2 Å². The molecule has 0 saturated heterocycles. The van der Waals surface area contributed by atoms with Crippen molar-refractivity contribution in [2.45, 2.75) is 78.9 Å². The van der Waals surface area contributed by atoms with Crippen LogP contribution in [0.3, 0.4) is 0 Å². The normalized spacial score (nSPS) is 13.0. The molecule has 68 heavy (non-hydrogen) atoms. The SMILES string of the molecule is C=COC.C=COCC(F)(F)F.C=COCCCOCC(F)(F)C(F)(F)C(F)(F)C(F)(F)C(F)(F)C(F)(F)C(F)(F)F.C=COCCOC(C(F)(F)F)C(F)(F)F.C=COCCOCC(F)(F)F. The molecule has 0 radical (unpaired) electrons. The molecule has 0 aliphatic carbocycles. The Morgan fingerprint density at radius 3 is 1.03 bits per heavy atom. The van der Waals surface area contributed by atoms with Crippen LogP contribution in [-0.2, 0) is 37.9 Å². The molecular weight excluding hydrogens is 1040 g/mol. The molecule has 0 heterocycles. The zero-order valence-electron chi connectivity index (χ0n) is 34.0. The highest BCUT2D eigenvalue weighted by Gasteiger charge is 2.93. The smallest absolute Gasteiger partial charge is 0.460 e. The molecule has 0 bridgehead atoms. The molecule has 0 N–H and O–H groups in total. The topological polar surface area (TPSA) is 73.8 Å². The fraction of sp³-hybridized carbons (Fsp3) is 0.697. The van der Waals surface area contributed by atoms with Crippen molar-refractivity contribution in [1.82, 2.24) is 0 Å². The molecular formula is C33H39F27O8. The Kier molecular flexibility index (Phi) is 33.2. The zero-order valence-corrected chi connectivity index (χ0v) is 34.0. The van der Waals surface area contributed by atoms with Gasteiger partial charge in [0.05, 0.1) is 64.8 Å². The first kappa shape index (κ1) is 72.7. The van der Waals surface area contributed by atoms with E-state index in [0.29, 0.717) is 0 Å². The third-order valence-corrected chi connectivity index (χ3v) is 5.80. The van der Waals surface area contributed by atoms with Crippen molar-refractivity contribution < 1.29 is 156 Å². The lowest BCUT2D eigenvalue weighted by molar-refractivity contribution is -0.453. The molecule has 0 aromatic rings. The Balaban J connectivity index is -0.000000287. The molecule has 0 saturated carbocycles. The molecule has 0 atom stereocenters. The lowest BCUT2D eigenvalue weighted by atomic mass is 9.91. The van der Waals surface area contributed by atoms with Crippen molar-refractivity contribution in [3.05, 3.63) is 64.2 Å². The number of hydrogen-bond acceptors (Lipinski definition) is 8. The van der Waals surface area contributed by atoms with Crippen molar-refractivity contribution in [2.75, 3.05) is 66.6 Å². The van der Waals surface area contributed by atoms with Crippen LogP contribution >= 0.6 is 0 Å². The number of rotatable bonds is 25. The lowest BCUT2D eigenvalue weighted by Gasteiger charge is -2.41. The minimum absolute atomic E-state index is 0.0778. The van der Waals surface area contributed by atoms with Gasteiger partial charge in [0.1, 0.15) is 26.4 Å². The summed E-state index contributed by atoms with van der Waals surface area (Å²) in [5, 5.41) is 0. The van der Waals surface area contributed by atoms with Crippen LogP contribution in [0.15, 0.2) is 64.2 Å². The van der Waals surface area contributed by atoms with Crippen LogP contribution in [0.5, 0.6) is 0 Å². The minimum atomic E-state index is -8.29. The maximum absolute atomic E-state index is 13.4. The first-order valence-corrected chi connectivity index (χ1v) is 16.7. The predicted molar refractivity (Wildman–Crippen MR) is 178 cm³/mol. The molecule has 408 valence electrons. The van der Waals surface area contributed by atoms with E-state index in [0.717, 1.165) is 25.0 Å². The first-order chi connectivity index (χ1) is 30.3. The monoisotopic (exact) mass is 1080 g/mol. The van der Waals surface area contributed by atoms with E-state index in [1.54, 1.807) is 7.11 Å². The zero-order chi connectivity index (χ0) is 55.3. The average molecular weight is 1080 g/mol. The second-order valence-corrected chi connectivity index (χ2v) is 11.1. The molecule has 0 unspecified atom stereocenters. The third kappa shape index (κ3) is 27.6. The van der Waals surface area contributed by atoms with Crippen molar-refractivity contribution in [1.29, 1.82) is 0 Å². The first-order valence-electron chi connectivity index (χ1n) is 16.7. The van der Waals surface area contributed by atoms with Gasteiger partial charge in [0.15, 0.2) is 6.61 Å². The van der Waals surface area contributed by atoms with Gasteiger partial charge in [0, 0.05) is 6.42 Å². The molecule has 0 aliphatic rings. The van der Waals surface area contributed by atoms with Crippen LogP contribution < -0.4 is 0 Å². The highest BCUT2D eigenvalue weighted by Crippen LogP contribution is 2.62. The molecule has 0 rings (SSSR count). The summed E-state index contributed by atoms with van der Waals surface area (Å²) in [4.78, 5) is 0. The summed E-state index contributed by atoms with van der Waals surface area (Å²) in [6.45, 7) is 7.71. The average Bonchev–Trinajstić information content (AvgIpc) is 3.16. The lowest BCUT2D eigenvalue weighted by Crippen LogP contribution is -2.73. The number of methoxy groups -OCH3 is 1. The third-order valence-electron chi connectivity index (χ3n) is 5.80. The summed E-state index contributed by atoms with van der Waals surface area (Å²) in [6.07, 6.45) is -26.2. The minimum Gasteiger partial charge on any atom is -0.505 e. The van der Waals surface area contributed by atoms with Crippen molar-refractivity contribution >= 4 is 0 Å². The van der Waals surface area contributed by atoms with Crippen molar-refractivity contribution in [3.63, 3.8) is 0 Å². The van der Waals surface area contributed by atoms with E-state index in [1.807, 2.05) is 0 Å². The summed E-state index contributed by atoms with van der Waals surface area (Å²) >= 11 is 0. The Hall–Kier alpha value is -4.31. The number of halogens is 27. The highest BCUT2D eigenvalue weighted by atomic mass is 19.4. The number of ether oxygens (including phenoxy) is 8. The van der Waals surface area contributed by atoms with Gasteiger partial charge >= 0.3 is 66.4 Å². The van der Waals surface area contributed by atoms with Crippen LogP contribution in [0.2, 0.25) is 0 Å². The summed E-state index contributed by atoms with van der Waals surface area (Å²) in [7, 11) is 1.56. The van der Waals surface area contributed by atoms with E-state index >= 15 is 0 Å². The van der Waals surface area contributed by atoms with E-state index < -0.39 is 112 Å². The summed E-state index contributed by atoms with van der Waals surface area (Å²) < 4.78 is 365. The molecule has 8 nitrogen and oxygen atoms in total. The van der Waals surface area contributed by atoms with Gasteiger partial charge in [-0.3, -0.25) is 0 Å². The summed E-state index contributed by atoms with van der Waals surface area (Å²) in [5.41, 5.74) is 0. The van der Waals surface area contributed by atoms with Gasteiger partial charge < -0.3 is 37.9 Å². The second-order valence-electron chi connectivity index (χ2n) is 11.1. The van der Waals surface area contributed by atoms with Crippen LogP contribution in [0.4, 0.5) is 119 Å². The molecule has 0 amide bonds. The van der Waals surface area contributed by atoms with E-state index in [4.69, 9.17) is 0 Å². The van der Waals surface area contributed by atoms with Gasteiger partial charge in [-0.25, -0.2) is 0 Å². The van der Waals surface area contributed by atoms with Crippen LogP contribution in [-0.4, -0.2) is 139 Å². The molecule has 0 aromatic carbocycles. The van der Waals surface area contributed by atoms with E-state index in [1.165, 1.54) is 6.26 Å². The van der Waals surface area contributed by atoms with Gasteiger partial charge in [-0.15, -0.1) is 0 Å². The number of alkyl halides is 27. The summed E-state index contributed by atoms with van der Waals surface area (Å²) in [5.74, 6) is -46.6. The van der Waals surface area contributed by atoms with Gasteiger partial charge in [-0.05, 0) is 0 Å². The maximum atomic E-state index is 13.4. The van der Waals surface area contributed by atoms with Crippen LogP contribution in [0.25, 0.3) is 0 Å². The van der Waals surface area contributed by atoms with Gasteiger partial charge in [-0.1, -0.05) is 32.9 Å². The van der Waals surface area contributed by atoms with Gasteiger partial charge in [0.2, 0.25) is 6.10 Å². The molecule has 35 heteroatoms. The Labute approximate surface area is 366 Å². The maximum Gasteiger partial charge on any atom is 0.460 e. The summed E-state index contributed by atoms with van der Waals surface area (Å²) in [6, 6.07) is 0. The fourth-order valence-corrected chi connectivity index (χ4v) is 2.82. The number of hydrogen-bond donors (Lipinski definition) is 0. The van der Waals surface area contributed by atoms with E-state index in [9.17, 15) is 119 Å². The van der Waals surface area contributed by atoms with Crippen molar-refractivity contribution in [2.24, 2.45) is 0 Å². The highest BCUT2D eigenvalue weighted by molar-refractivity contribution is 5.13. The largest absolute Gasteiger partial charge is 0.505 e. The Bertz CT molecular complexity index is 1360. The molecule has 0 spiro atoms. The van der Waals surface area contributed by atoms with Crippen LogP contribution in [0, 0.1) is 0 Å². The van der Waals surface area contributed by atoms with E-state index in [2.05, 4.69) is 70.8 Å². The van der Waals surface area contributed by atoms with Crippen molar-refractivity contribution in [3.8, 4) is 0 Å².